The van der Waals surface area contributed by atoms with E-state index in [9.17, 15) is 12.8 Å². The van der Waals surface area contributed by atoms with Gasteiger partial charge in [0.25, 0.3) is 0 Å². The van der Waals surface area contributed by atoms with Crippen molar-refractivity contribution in [2.24, 2.45) is 0 Å². The van der Waals surface area contributed by atoms with Gasteiger partial charge in [-0.3, -0.25) is 4.90 Å². The van der Waals surface area contributed by atoms with Crippen LogP contribution in [0.3, 0.4) is 0 Å². The molecule has 1 saturated heterocycles. The molecule has 0 spiro atoms. The van der Waals surface area contributed by atoms with Gasteiger partial charge < -0.3 is 4.74 Å². The zero-order chi connectivity index (χ0) is 18.4. The molecule has 1 N–H and O–H groups in total. The number of hydrogen-bond donors (Lipinski definition) is 1. The molecule has 3 rings (SSSR count). The highest BCUT2D eigenvalue weighted by atomic mass is 32.2. The van der Waals surface area contributed by atoms with Crippen molar-refractivity contribution in [1.29, 1.82) is 0 Å². The summed E-state index contributed by atoms with van der Waals surface area (Å²) >= 11 is 0. The quantitative estimate of drug-likeness (QED) is 0.803. The van der Waals surface area contributed by atoms with Crippen LogP contribution in [0.15, 0.2) is 48.5 Å². The van der Waals surface area contributed by atoms with E-state index in [1.165, 1.54) is 12.1 Å². The van der Waals surface area contributed by atoms with Gasteiger partial charge in [-0.1, -0.05) is 42.5 Å². The molecule has 0 atom stereocenters. The molecule has 2 aromatic rings. The first-order valence-corrected chi connectivity index (χ1v) is 10.3. The molecule has 0 radical (unpaired) electrons. The predicted octanol–water partition coefficient (Wildman–Crippen LogP) is 2.28. The molecular weight excluding hydrogens is 355 g/mol. The topological polar surface area (TPSA) is 58.6 Å². The van der Waals surface area contributed by atoms with Gasteiger partial charge >= 0.3 is 0 Å². The molecule has 1 heterocycles. The molecule has 1 aliphatic heterocycles. The Kier molecular flexibility index (Phi) is 6.37. The molecule has 0 unspecified atom stereocenters. The number of ether oxygens (including phenoxy) is 1. The standard InChI is InChI=1S/C19H23FN2O3S/c20-19-7-2-1-6-18(19)15-26(23,24)21-13-16-4-3-5-17(12-16)14-22-8-10-25-11-9-22/h1-7,12,21H,8-11,13-15H2. The normalized spacial score (nSPS) is 15.9. The number of hydrogen-bond acceptors (Lipinski definition) is 4. The van der Waals surface area contributed by atoms with Gasteiger partial charge in [0.1, 0.15) is 5.82 Å². The number of nitrogens with zero attached hydrogens (tertiary/aromatic N) is 1. The average Bonchev–Trinajstić information content (AvgIpc) is 2.63. The first-order valence-electron chi connectivity index (χ1n) is 8.60. The number of morpholine rings is 1. The monoisotopic (exact) mass is 378 g/mol. The smallest absolute Gasteiger partial charge is 0.216 e. The average molecular weight is 378 g/mol. The van der Waals surface area contributed by atoms with Crippen LogP contribution in [-0.2, 0) is 33.6 Å². The second-order valence-corrected chi connectivity index (χ2v) is 8.19. The van der Waals surface area contributed by atoms with Crippen LogP contribution in [-0.4, -0.2) is 39.6 Å². The number of benzene rings is 2. The Morgan fingerprint density at radius 2 is 1.77 bits per heavy atom. The number of nitrogens with one attached hydrogen (secondary N) is 1. The number of rotatable bonds is 7. The van der Waals surface area contributed by atoms with Crippen molar-refractivity contribution in [2.75, 3.05) is 26.3 Å². The van der Waals surface area contributed by atoms with Crippen molar-refractivity contribution in [3.05, 3.63) is 71.0 Å². The van der Waals surface area contributed by atoms with E-state index in [0.29, 0.717) is 0 Å². The largest absolute Gasteiger partial charge is 0.379 e. The van der Waals surface area contributed by atoms with E-state index < -0.39 is 15.8 Å². The zero-order valence-corrected chi connectivity index (χ0v) is 15.3. The molecule has 2 aromatic carbocycles. The number of sulfonamides is 1. The van der Waals surface area contributed by atoms with Crippen molar-refractivity contribution in [3.8, 4) is 0 Å². The third-order valence-electron chi connectivity index (χ3n) is 4.30. The maximum absolute atomic E-state index is 13.7. The lowest BCUT2D eigenvalue weighted by molar-refractivity contribution is 0.0342. The lowest BCUT2D eigenvalue weighted by Crippen LogP contribution is -2.35. The van der Waals surface area contributed by atoms with E-state index in [4.69, 9.17) is 4.74 Å². The maximum Gasteiger partial charge on any atom is 0.216 e. The van der Waals surface area contributed by atoms with Gasteiger partial charge in [0.2, 0.25) is 10.0 Å². The fourth-order valence-corrected chi connectivity index (χ4v) is 4.05. The lowest BCUT2D eigenvalue weighted by atomic mass is 10.1. The van der Waals surface area contributed by atoms with Crippen LogP contribution in [0.2, 0.25) is 0 Å². The fourth-order valence-electron chi connectivity index (χ4n) is 2.92. The molecule has 0 amide bonds. The summed E-state index contributed by atoms with van der Waals surface area (Å²) < 4.78 is 46.0. The Hall–Kier alpha value is -1.80. The first-order chi connectivity index (χ1) is 12.5. The predicted molar refractivity (Wildman–Crippen MR) is 98.4 cm³/mol. The Morgan fingerprint density at radius 3 is 2.54 bits per heavy atom. The molecule has 7 heteroatoms. The highest BCUT2D eigenvalue weighted by molar-refractivity contribution is 7.88. The Labute approximate surface area is 153 Å². The van der Waals surface area contributed by atoms with Gasteiger partial charge in [0, 0.05) is 31.7 Å². The Balaban J connectivity index is 1.58. The van der Waals surface area contributed by atoms with Crippen LogP contribution >= 0.6 is 0 Å². The van der Waals surface area contributed by atoms with Gasteiger partial charge in [0.05, 0.1) is 19.0 Å². The van der Waals surface area contributed by atoms with Crippen LogP contribution in [0.5, 0.6) is 0 Å². The molecule has 0 saturated carbocycles. The highest BCUT2D eigenvalue weighted by Gasteiger charge is 2.15. The van der Waals surface area contributed by atoms with Crippen molar-refractivity contribution < 1.29 is 17.5 Å². The summed E-state index contributed by atoms with van der Waals surface area (Å²) in [6.45, 7) is 4.30. The molecule has 0 bridgehead atoms. The minimum atomic E-state index is -3.61. The van der Waals surface area contributed by atoms with Gasteiger partial charge in [-0.2, -0.15) is 0 Å². The lowest BCUT2D eigenvalue weighted by Gasteiger charge is -2.26. The molecule has 26 heavy (non-hydrogen) atoms. The molecule has 0 aliphatic carbocycles. The third-order valence-corrected chi connectivity index (χ3v) is 5.58. The van der Waals surface area contributed by atoms with Crippen LogP contribution < -0.4 is 4.72 Å². The van der Waals surface area contributed by atoms with E-state index in [2.05, 4.69) is 9.62 Å². The summed E-state index contributed by atoms with van der Waals surface area (Å²) in [6.07, 6.45) is 0. The molecule has 5 nitrogen and oxygen atoms in total. The second kappa shape index (κ2) is 8.73. The minimum absolute atomic E-state index is 0.168. The van der Waals surface area contributed by atoms with E-state index in [0.717, 1.165) is 44.0 Å². The minimum Gasteiger partial charge on any atom is -0.379 e. The summed E-state index contributed by atoms with van der Waals surface area (Å²) in [5.41, 5.74) is 2.19. The Bertz CT molecular complexity index is 836. The Morgan fingerprint density at radius 1 is 1.04 bits per heavy atom. The summed E-state index contributed by atoms with van der Waals surface area (Å²) in [5, 5.41) is 0. The zero-order valence-electron chi connectivity index (χ0n) is 14.5. The SMILES string of the molecule is O=S(=O)(Cc1ccccc1F)NCc1cccc(CN2CCOCC2)c1. The maximum atomic E-state index is 13.7. The van der Waals surface area contributed by atoms with Crippen molar-refractivity contribution in [2.45, 2.75) is 18.8 Å². The molecule has 0 aromatic heterocycles. The van der Waals surface area contributed by atoms with E-state index in [-0.39, 0.29) is 17.9 Å². The summed E-state index contributed by atoms with van der Waals surface area (Å²) in [7, 11) is -3.61. The summed E-state index contributed by atoms with van der Waals surface area (Å²) in [6, 6.07) is 13.8. The van der Waals surface area contributed by atoms with E-state index in [1.54, 1.807) is 12.1 Å². The highest BCUT2D eigenvalue weighted by Crippen LogP contribution is 2.12. The number of halogens is 1. The van der Waals surface area contributed by atoms with Crippen molar-refractivity contribution in [3.63, 3.8) is 0 Å². The fraction of sp³-hybridized carbons (Fsp3) is 0.368. The van der Waals surface area contributed by atoms with Gasteiger partial charge in [0.15, 0.2) is 0 Å². The summed E-state index contributed by atoms with van der Waals surface area (Å²) in [4.78, 5) is 2.31. The van der Waals surface area contributed by atoms with Crippen LogP contribution in [0.1, 0.15) is 16.7 Å². The van der Waals surface area contributed by atoms with Crippen LogP contribution in [0, 0.1) is 5.82 Å². The first kappa shape index (κ1) is 19.0. The van der Waals surface area contributed by atoms with Crippen LogP contribution in [0.25, 0.3) is 0 Å². The molecule has 1 fully saturated rings. The summed E-state index contributed by atoms with van der Waals surface area (Å²) in [5.74, 6) is -0.877. The van der Waals surface area contributed by atoms with Gasteiger partial charge in [-0.25, -0.2) is 17.5 Å². The van der Waals surface area contributed by atoms with Crippen molar-refractivity contribution >= 4 is 10.0 Å². The second-order valence-electron chi connectivity index (χ2n) is 6.38. The van der Waals surface area contributed by atoms with Crippen molar-refractivity contribution in [1.82, 2.24) is 9.62 Å². The van der Waals surface area contributed by atoms with E-state index >= 15 is 0 Å². The van der Waals surface area contributed by atoms with Gasteiger partial charge in [-0.15, -0.1) is 0 Å². The molecular formula is C19H23FN2O3S. The van der Waals surface area contributed by atoms with E-state index in [1.807, 2.05) is 24.3 Å². The molecule has 1 aliphatic rings. The third kappa shape index (κ3) is 5.60. The molecule has 140 valence electrons. The van der Waals surface area contributed by atoms with Crippen LogP contribution in [0.4, 0.5) is 4.39 Å². The van der Waals surface area contributed by atoms with Gasteiger partial charge in [-0.05, 0) is 17.2 Å².